The van der Waals surface area contributed by atoms with Crippen LogP contribution in [0.5, 0.6) is 5.75 Å². The molecule has 0 unspecified atom stereocenters. The van der Waals surface area contributed by atoms with Gasteiger partial charge in [0.25, 0.3) is 0 Å². The van der Waals surface area contributed by atoms with Gasteiger partial charge in [0, 0.05) is 0 Å². The van der Waals surface area contributed by atoms with Crippen LogP contribution in [-0.4, -0.2) is 24.0 Å². The lowest BCUT2D eigenvalue weighted by Crippen LogP contribution is -2.15. The average Bonchev–Trinajstić information content (AvgIpc) is 2.26. The maximum absolute atomic E-state index is 11.5. The summed E-state index contributed by atoms with van der Waals surface area (Å²) >= 11 is 2.95. The number of ketones is 2. The molecule has 0 fully saturated rings. The quantitative estimate of drug-likeness (QED) is 0.469. The summed E-state index contributed by atoms with van der Waals surface area (Å²) in [6.45, 7) is 0. The highest BCUT2D eigenvalue weighted by atomic mass is 79.9. The van der Waals surface area contributed by atoms with Crippen LogP contribution in [-0.2, 0) is 4.79 Å². The summed E-state index contributed by atoms with van der Waals surface area (Å²) < 4.78 is 4.97. The molecule has 0 bridgehead atoms. The molecule has 1 rings (SSSR count). The first kappa shape index (κ1) is 10.9. The van der Waals surface area contributed by atoms with Gasteiger partial charge in [-0.05, 0) is 12.1 Å². The molecular weight excluding hydrogens is 248 g/mol. The van der Waals surface area contributed by atoms with Gasteiger partial charge in [0.2, 0.25) is 11.6 Å². The molecule has 14 heavy (non-hydrogen) atoms. The molecule has 0 aromatic heterocycles. The standard InChI is InChI=1S/C10H9BrO3/c1-14-9-5-3-2-4-7(9)10(13)8(12)6-11/h2-5H,6H2,1H3. The number of hydrogen-bond donors (Lipinski definition) is 0. The second-order valence-electron chi connectivity index (χ2n) is 2.59. The van der Waals surface area contributed by atoms with Gasteiger partial charge in [0.05, 0.1) is 18.0 Å². The van der Waals surface area contributed by atoms with E-state index in [1.807, 2.05) is 0 Å². The lowest BCUT2D eigenvalue weighted by Gasteiger charge is -2.04. The summed E-state index contributed by atoms with van der Waals surface area (Å²) in [6.07, 6.45) is 0. The first-order valence-corrected chi connectivity index (χ1v) is 5.09. The molecule has 0 saturated heterocycles. The van der Waals surface area contributed by atoms with Gasteiger partial charge in [-0.15, -0.1) is 0 Å². The molecule has 0 aliphatic heterocycles. The van der Waals surface area contributed by atoms with Crippen LogP contribution in [0.4, 0.5) is 0 Å². The van der Waals surface area contributed by atoms with E-state index in [1.54, 1.807) is 24.3 Å². The van der Waals surface area contributed by atoms with Crippen molar-refractivity contribution in [3.63, 3.8) is 0 Å². The molecule has 0 heterocycles. The number of rotatable bonds is 4. The molecule has 0 aliphatic rings. The summed E-state index contributed by atoms with van der Waals surface area (Å²) in [5.74, 6) is -0.583. The van der Waals surface area contributed by atoms with Crippen LogP contribution in [0.25, 0.3) is 0 Å². The molecule has 0 aliphatic carbocycles. The Kier molecular flexibility index (Phi) is 3.83. The van der Waals surface area contributed by atoms with Gasteiger partial charge < -0.3 is 4.74 Å². The number of para-hydroxylation sites is 1. The molecule has 0 amide bonds. The highest BCUT2D eigenvalue weighted by Gasteiger charge is 2.18. The van der Waals surface area contributed by atoms with Gasteiger partial charge in [0.15, 0.2) is 0 Å². The van der Waals surface area contributed by atoms with Crippen molar-refractivity contribution in [1.82, 2.24) is 0 Å². The van der Waals surface area contributed by atoms with Crippen molar-refractivity contribution >= 4 is 27.5 Å². The number of methoxy groups -OCH3 is 1. The second kappa shape index (κ2) is 4.91. The fourth-order valence-corrected chi connectivity index (χ4v) is 1.30. The summed E-state index contributed by atoms with van der Waals surface area (Å²) in [5, 5.41) is 0.0316. The smallest absolute Gasteiger partial charge is 0.233 e. The van der Waals surface area contributed by atoms with Crippen LogP contribution in [0.15, 0.2) is 24.3 Å². The van der Waals surface area contributed by atoms with Crippen LogP contribution < -0.4 is 4.74 Å². The zero-order valence-electron chi connectivity index (χ0n) is 7.62. The Morgan fingerprint density at radius 3 is 2.57 bits per heavy atom. The molecule has 0 spiro atoms. The number of alkyl halides is 1. The number of ether oxygens (including phenoxy) is 1. The number of carbonyl (C=O) groups excluding carboxylic acids is 2. The predicted octanol–water partition coefficient (Wildman–Crippen LogP) is 1.84. The Morgan fingerprint density at radius 1 is 1.36 bits per heavy atom. The van der Waals surface area contributed by atoms with Crippen molar-refractivity contribution in [2.75, 3.05) is 12.4 Å². The van der Waals surface area contributed by atoms with Gasteiger partial charge >= 0.3 is 0 Å². The molecule has 0 saturated carbocycles. The summed E-state index contributed by atoms with van der Waals surface area (Å²) in [7, 11) is 1.46. The van der Waals surface area contributed by atoms with Crippen LogP contribution in [0, 0.1) is 0 Å². The Morgan fingerprint density at radius 2 is 2.00 bits per heavy atom. The fraction of sp³-hybridized carbons (Fsp3) is 0.200. The molecular formula is C10H9BrO3. The van der Waals surface area contributed by atoms with E-state index in [0.29, 0.717) is 11.3 Å². The van der Waals surface area contributed by atoms with Crippen molar-refractivity contribution in [1.29, 1.82) is 0 Å². The van der Waals surface area contributed by atoms with E-state index in [2.05, 4.69) is 15.9 Å². The van der Waals surface area contributed by atoms with E-state index in [9.17, 15) is 9.59 Å². The average molecular weight is 257 g/mol. The molecule has 0 atom stereocenters. The van der Waals surface area contributed by atoms with Crippen LogP contribution in [0.2, 0.25) is 0 Å². The maximum atomic E-state index is 11.5. The second-order valence-corrected chi connectivity index (χ2v) is 3.15. The molecule has 0 N–H and O–H groups in total. The van der Waals surface area contributed by atoms with Crippen LogP contribution in [0.3, 0.4) is 0 Å². The predicted molar refractivity (Wildman–Crippen MR) is 56.1 cm³/mol. The highest BCUT2D eigenvalue weighted by molar-refractivity contribution is 9.09. The minimum atomic E-state index is -0.528. The SMILES string of the molecule is COc1ccccc1C(=O)C(=O)CBr. The fourth-order valence-electron chi connectivity index (χ4n) is 1.04. The molecule has 74 valence electrons. The summed E-state index contributed by atoms with van der Waals surface area (Å²) in [4.78, 5) is 22.6. The van der Waals surface area contributed by atoms with E-state index < -0.39 is 11.6 Å². The number of halogens is 1. The van der Waals surface area contributed by atoms with Crippen molar-refractivity contribution < 1.29 is 14.3 Å². The number of carbonyl (C=O) groups is 2. The maximum Gasteiger partial charge on any atom is 0.233 e. The third-order valence-corrected chi connectivity index (χ3v) is 2.24. The first-order chi connectivity index (χ1) is 6.70. The lowest BCUT2D eigenvalue weighted by molar-refractivity contribution is -0.112. The topological polar surface area (TPSA) is 43.4 Å². The van der Waals surface area contributed by atoms with E-state index in [4.69, 9.17) is 4.74 Å². The van der Waals surface area contributed by atoms with Gasteiger partial charge in [-0.1, -0.05) is 28.1 Å². The van der Waals surface area contributed by atoms with Gasteiger partial charge in [-0.25, -0.2) is 0 Å². The Labute approximate surface area is 90.2 Å². The largest absolute Gasteiger partial charge is 0.496 e. The summed E-state index contributed by atoms with van der Waals surface area (Å²) in [6, 6.07) is 6.65. The molecule has 1 aromatic rings. The van der Waals surface area contributed by atoms with Crippen molar-refractivity contribution in [2.45, 2.75) is 0 Å². The van der Waals surface area contributed by atoms with Gasteiger partial charge in [-0.3, -0.25) is 9.59 Å². The third kappa shape index (κ3) is 2.20. The van der Waals surface area contributed by atoms with Crippen molar-refractivity contribution in [2.24, 2.45) is 0 Å². The van der Waals surface area contributed by atoms with Gasteiger partial charge in [0.1, 0.15) is 5.75 Å². The lowest BCUT2D eigenvalue weighted by atomic mass is 10.1. The minimum Gasteiger partial charge on any atom is -0.496 e. The molecule has 4 heteroatoms. The number of hydrogen-bond acceptors (Lipinski definition) is 3. The van der Waals surface area contributed by atoms with Gasteiger partial charge in [-0.2, -0.15) is 0 Å². The molecule has 1 aromatic carbocycles. The molecule has 0 radical (unpaired) electrons. The Bertz CT molecular complexity index is 360. The zero-order valence-corrected chi connectivity index (χ0v) is 9.21. The normalized spacial score (nSPS) is 9.57. The highest BCUT2D eigenvalue weighted by Crippen LogP contribution is 2.18. The van der Waals surface area contributed by atoms with E-state index in [0.717, 1.165) is 0 Å². The first-order valence-electron chi connectivity index (χ1n) is 3.97. The number of Topliss-reactive ketones (excluding diaryl/α,β-unsaturated/α-hetero) is 2. The zero-order chi connectivity index (χ0) is 10.6. The minimum absolute atomic E-state index is 0.0316. The van der Waals surface area contributed by atoms with Crippen molar-refractivity contribution in [3.05, 3.63) is 29.8 Å². The van der Waals surface area contributed by atoms with Crippen molar-refractivity contribution in [3.8, 4) is 5.75 Å². The molecule has 3 nitrogen and oxygen atoms in total. The van der Waals surface area contributed by atoms with Crippen LogP contribution in [0.1, 0.15) is 10.4 Å². The third-order valence-electron chi connectivity index (χ3n) is 1.73. The number of benzene rings is 1. The Hall–Kier alpha value is -1.16. The Balaban J connectivity index is 3.06. The van der Waals surface area contributed by atoms with E-state index in [1.165, 1.54) is 7.11 Å². The monoisotopic (exact) mass is 256 g/mol. The van der Waals surface area contributed by atoms with E-state index >= 15 is 0 Å². The summed E-state index contributed by atoms with van der Waals surface area (Å²) in [5.41, 5.74) is 0.305. The van der Waals surface area contributed by atoms with Crippen LogP contribution >= 0.6 is 15.9 Å². The van der Waals surface area contributed by atoms with E-state index in [-0.39, 0.29) is 5.33 Å².